The van der Waals surface area contributed by atoms with Gasteiger partial charge in [-0.15, -0.1) is 6.42 Å². The van der Waals surface area contributed by atoms with Crippen LogP contribution in [0.2, 0.25) is 0 Å². The maximum atomic E-state index is 5.40. The molecule has 1 heterocycles. The quantitative estimate of drug-likeness (QED) is 0.754. The Morgan fingerprint density at radius 2 is 2.33 bits per heavy atom. The summed E-state index contributed by atoms with van der Waals surface area (Å²) in [5, 5.41) is 3.07. The maximum Gasteiger partial charge on any atom is 0.0959 e. The van der Waals surface area contributed by atoms with E-state index in [9.17, 15) is 0 Å². The molecule has 0 amide bonds. The van der Waals surface area contributed by atoms with E-state index < -0.39 is 0 Å². The van der Waals surface area contributed by atoms with E-state index in [2.05, 4.69) is 20.8 Å². The van der Waals surface area contributed by atoms with Crippen LogP contribution >= 0.6 is 0 Å². The molecule has 76 valence electrons. The summed E-state index contributed by atoms with van der Waals surface area (Å²) in [7, 11) is 1.86. The van der Waals surface area contributed by atoms with Gasteiger partial charge >= 0.3 is 0 Å². The topological polar surface area (TPSA) is 29.9 Å². The van der Waals surface area contributed by atoms with Crippen molar-refractivity contribution < 1.29 is 0 Å². The minimum atomic E-state index is 0.0441. The van der Waals surface area contributed by atoms with Crippen molar-refractivity contribution in [3.63, 3.8) is 0 Å². The molecule has 0 saturated carbocycles. The maximum absolute atomic E-state index is 5.40. The van der Waals surface area contributed by atoms with Gasteiger partial charge < -0.3 is 9.88 Å². The number of benzene rings is 1. The lowest BCUT2D eigenvalue weighted by atomic mass is 10.3. The van der Waals surface area contributed by atoms with Crippen molar-refractivity contribution in [1.82, 2.24) is 14.9 Å². The number of nitrogens with zero attached hydrogens (tertiary/aromatic N) is 2. The lowest BCUT2D eigenvalue weighted by Gasteiger charge is -2.10. The molecule has 1 aromatic carbocycles. The van der Waals surface area contributed by atoms with Gasteiger partial charge in [-0.05, 0) is 19.2 Å². The van der Waals surface area contributed by atoms with Crippen molar-refractivity contribution in [3.05, 3.63) is 30.6 Å². The second kappa shape index (κ2) is 4.16. The summed E-state index contributed by atoms with van der Waals surface area (Å²) in [6, 6.07) is 8.07. The Kier molecular flexibility index (Phi) is 2.70. The molecule has 2 aromatic rings. The second-order valence-electron chi connectivity index (χ2n) is 3.39. The Morgan fingerprint density at radius 3 is 3.07 bits per heavy atom. The van der Waals surface area contributed by atoms with E-state index >= 15 is 0 Å². The molecule has 0 fully saturated rings. The molecule has 15 heavy (non-hydrogen) atoms. The van der Waals surface area contributed by atoms with Crippen LogP contribution in [-0.4, -0.2) is 22.6 Å². The van der Waals surface area contributed by atoms with E-state index in [1.807, 2.05) is 37.6 Å². The van der Waals surface area contributed by atoms with Crippen molar-refractivity contribution in [2.45, 2.75) is 12.6 Å². The average molecular weight is 199 g/mol. The highest BCUT2D eigenvalue weighted by atomic mass is 15.1. The molecule has 2 rings (SSSR count). The average Bonchev–Trinajstić information content (AvgIpc) is 2.69. The monoisotopic (exact) mass is 199 g/mol. The first-order valence-electron chi connectivity index (χ1n) is 4.88. The van der Waals surface area contributed by atoms with Gasteiger partial charge in [0.15, 0.2) is 0 Å². The molecule has 0 aliphatic carbocycles. The summed E-state index contributed by atoms with van der Waals surface area (Å²) in [6.45, 7) is 0.744. The first-order chi connectivity index (χ1) is 7.35. The number of fused-ring (bicyclic) bond motifs is 1. The third kappa shape index (κ3) is 1.85. The summed E-state index contributed by atoms with van der Waals surface area (Å²) in [6.07, 6.45) is 7.22. The molecule has 0 aliphatic heterocycles. The molecule has 0 bridgehead atoms. The van der Waals surface area contributed by atoms with Gasteiger partial charge in [0.25, 0.3) is 0 Å². The Bertz CT molecular complexity index is 493. The largest absolute Gasteiger partial charge is 0.328 e. The van der Waals surface area contributed by atoms with Crippen molar-refractivity contribution >= 4 is 11.0 Å². The number of para-hydroxylation sites is 2. The fourth-order valence-electron chi connectivity index (χ4n) is 1.58. The predicted octanol–water partition coefficient (Wildman–Crippen LogP) is 1.26. The van der Waals surface area contributed by atoms with E-state index in [0.29, 0.717) is 0 Å². The van der Waals surface area contributed by atoms with Crippen LogP contribution in [0.15, 0.2) is 30.6 Å². The highest BCUT2D eigenvalue weighted by molar-refractivity contribution is 5.74. The van der Waals surface area contributed by atoms with Gasteiger partial charge in [0.2, 0.25) is 0 Å². The number of likely N-dealkylation sites (N-methyl/N-ethyl adjacent to an activating group) is 1. The summed E-state index contributed by atoms with van der Waals surface area (Å²) >= 11 is 0. The zero-order valence-electron chi connectivity index (χ0n) is 8.64. The fraction of sp³-hybridized carbons (Fsp3) is 0.250. The molecule has 3 nitrogen and oxygen atoms in total. The number of imidazole rings is 1. The van der Waals surface area contributed by atoms with Crippen LogP contribution in [0, 0.1) is 12.3 Å². The van der Waals surface area contributed by atoms with E-state index in [4.69, 9.17) is 6.42 Å². The minimum Gasteiger partial charge on any atom is -0.328 e. The van der Waals surface area contributed by atoms with E-state index in [0.717, 1.165) is 17.6 Å². The smallest absolute Gasteiger partial charge is 0.0959 e. The SMILES string of the molecule is C#CC(Cn1cnc2ccccc21)NC. The van der Waals surface area contributed by atoms with Crippen LogP contribution in [0.25, 0.3) is 11.0 Å². The molecule has 0 aliphatic rings. The van der Waals surface area contributed by atoms with Crippen molar-refractivity contribution in [2.75, 3.05) is 7.05 Å². The number of rotatable bonds is 3. The van der Waals surface area contributed by atoms with Gasteiger partial charge in [0, 0.05) is 0 Å². The molecule has 0 radical (unpaired) electrons. The van der Waals surface area contributed by atoms with Gasteiger partial charge in [0.05, 0.1) is 29.9 Å². The van der Waals surface area contributed by atoms with Crippen LogP contribution in [-0.2, 0) is 6.54 Å². The normalized spacial score (nSPS) is 12.5. The Balaban J connectivity index is 2.33. The van der Waals surface area contributed by atoms with E-state index in [1.54, 1.807) is 0 Å². The van der Waals surface area contributed by atoms with Crippen LogP contribution in [0.1, 0.15) is 0 Å². The highest BCUT2D eigenvalue weighted by Gasteiger charge is 2.05. The van der Waals surface area contributed by atoms with Crippen LogP contribution in [0.5, 0.6) is 0 Å². The van der Waals surface area contributed by atoms with E-state index in [-0.39, 0.29) is 6.04 Å². The van der Waals surface area contributed by atoms with Gasteiger partial charge in [-0.1, -0.05) is 18.1 Å². The highest BCUT2D eigenvalue weighted by Crippen LogP contribution is 2.11. The third-order valence-electron chi connectivity index (χ3n) is 2.46. The van der Waals surface area contributed by atoms with Gasteiger partial charge in [-0.25, -0.2) is 4.98 Å². The van der Waals surface area contributed by atoms with Crippen LogP contribution in [0.4, 0.5) is 0 Å². The zero-order chi connectivity index (χ0) is 10.7. The van der Waals surface area contributed by atoms with Crippen molar-refractivity contribution in [1.29, 1.82) is 0 Å². The Morgan fingerprint density at radius 1 is 1.53 bits per heavy atom. The summed E-state index contributed by atoms with van der Waals surface area (Å²) in [4.78, 5) is 4.31. The molecule has 0 spiro atoms. The standard InChI is InChI=1S/C12H13N3/c1-3-10(13-2)8-15-9-14-11-6-4-5-7-12(11)15/h1,4-7,9-10,13H,8H2,2H3. The number of hydrogen-bond acceptors (Lipinski definition) is 2. The van der Waals surface area contributed by atoms with Gasteiger partial charge in [0.1, 0.15) is 0 Å². The lowest BCUT2D eigenvalue weighted by Crippen LogP contribution is -2.28. The molecule has 1 unspecified atom stereocenters. The van der Waals surface area contributed by atoms with Crippen LogP contribution in [0.3, 0.4) is 0 Å². The number of nitrogens with one attached hydrogen (secondary N) is 1. The second-order valence-corrected chi connectivity index (χ2v) is 3.39. The molecule has 3 heteroatoms. The van der Waals surface area contributed by atoms with Gasteiger partial charge in [-0.2, -0.15) is 0 Å². The van der Waals surface area contributed by atoms with Crippen molar-refractivity contribution in [3.8, 4) is 12.3 Å². The lowest BCUT2D eigenvalue weighted by molar-refractivity contribution is 0.579. The summed E-state index contributed by atoms with van der Waals surface area (Å²) in [5.74, 6) is 2.69. The zero-order valence-corrected chi connectivity index (χ0v) is 8.64. The first-order valence-corrected chi connectivity index (χ1v) is 4.88. The van der Waals surface area contributed by atoms with Gasteiger partial charge in [-0.3, -0.25) is 0 Å². The van der Waals surface area contributed by atoms with Crippen molar-refractivity contribution in [2.24, 2.45) is 0 Å². The number of terminal acetylenes is 1. The minimum absolute atomic E-state index is 0.0441. The molecular formula is C12H13N3. The molecule has 1 N–H and O–H groups in total. The summed E-state index contributed by atoms with van der Waals surface area (Å²) < 4.78 is 2.07. The fourth-order valence-corrected chi connectivity index (χ4v) is 1.58. The molecule has 1 atom stereocenters. The van der Waals surface area contributed by atoms with Crippen LogP contribution < -0.4 is 5.32 Å². The predicted molar refractivity (Wildman–Crippen MR) is 61.4 cm³/mol. The molecule has 1 aromatic heterocycles. The third-order valence-corrected chi connectivity index (χ3v) is 2.46. The first kappa shape index (κ1) is 9.75. The number of hydrogen-bond donors (Lipinski definition) is 1. The number of aromatic nitrogens is 2. The Hall–Kier alpha value is -1.79. The molecular weight excluding hydrogens is 186 g/mol. The molecule has 0 saturated heterocycles. The Labute approximate surface area is 89.1 Å². The van der Waals surface area contributed by atoms with E-state index in [1.165, 1.54) is 0 Å². The summed E-state index contributed by atoms with van der Waals surface area (Å²) in [5.41, 5.74) is 2.12.